The van der Waals surface area contributed by atoms with Crippen LogP contribution in [0.2, 0.25) is 0 Å². The molecule has 0 aromatic heterocycles. The largest absolute Gasteiger partial charge is 0.321 e. The normalized spacial score (nSPS) is 29.0. The highest BCUT2D eigenvalue weighted by Gasteiger charge is 2.59. The summed E-state index contributed by atoms with van der Waals surface area (Å²) in [6.07, 6.45) is 4.70. The average Bonchev–Trinajstić information content (AvgIpc) is 3.29. The number of rotatable bonds is 3. The van der Waals surface area contributed by atoms with Crippen LogP contribution in [0.1, 0.15) is 37.4 Å². The summed E-state index contributed by atoms with van der Waals surface area (Å²) in [6.45, 7) is 0.938. The molecule has 1 spiro atoms. The third-order valence-electron chi connectivity index (χ3n) is 4.41. The molecule has 1 saturated heterocycles. The summed E-state index contributed by atoms with van der Waals surface area (Å²) in [5, 5.41) is 3.57. The molecule has 1 amide bonds. The molecule has 4 rings (SSSR count). The van der Waals surface area contributed by atoms with Gasteiger partial charge in [0.05, 0.1) is 0 Å². The van der Waals surface area contributed by atoms with Crippen LogP contribution >= 0.6 is 0 Å². The Morgan fingerprint density at radius 1 is 1.22 bits per heavy atom. The van der Waals surface area contributed by atoms with Crippen molar-refractivity contribution in [2.45, 2.75) is 37.4 Å². The van der Waals surface area contributed by atoms with Gasteiger partial charge in [0.1, 0.15) is 11.7 Å². The van der Waals surface area contributed by atoms with Crippen LogP contribution in [-0.4, -0.2) is 22.9 Å². The van der Waals surface area contributed by atoms with Gasteiger partial charge in [0, 0.05) is 6.54 Å². The number of carbonyl (C=O) groups excluding carboxylic acids is 1. The molecule has 18 heavy (non-hydrogen) atoms. The lowest BCUT2D eigenvalue weighted by atomic mass is 10.1. The predicted octanol–water partition coefficient (Wildman–Crippen LogP) is 2.06. The van der Waals surface area contributed by atoms with E-state index < -0.39 is 0 Å². The van der Waals surface area contributed by atoms with Gasteiger partial charge in [0.15, 0.2) is 0 Å². The van der Waals surface area contributed by atoms with E-state index in [1.165, 1.54) is 18.4 Å². The quantitative estimate of drug-likeness (QED) is 0.880. The molecule has 0 radical (unpaired) electrons. The summed E-state index contributed by atoms with van der Waals surface area (Å²) in [6, 6.07) is 10.4. The Morgan fingerprint density at radius 3 is 2.56 bits per heavy atom. The van der Waals surface area contributed by atoms with Crippen LogP contribution in [0.4, 0.5) is 0 Å². The zero-order valence-electron chi connectivity index (χ0n) is 10.4. The summed E-state index contributed by atoms with van der Waals surface area (Å²) >= 11 is 0. The van der Waals surface area contributed by atoms with Gasteiger partial charge >= 0.3 is 0 Å². The Kier molecular flexibility index (Phi) is 2.10. The number of amides is 1. The standard InChI is InChI=1S/C15H18N2O/c18-14-15(8-9-15)16-13(12-4-2-1-3-5-12)17(14)10-11-6-7-11/h1-5,11,13,16H,6-10H2. The van der Waals surface area contributed by atoms with Crippen molar-refractivity contribution in [2.75, 3.05) is 6.54 Å². The Bertz CT molecular complexity index is 477. The summed E-state index contributed by atoms with van der Waals surface area (Å²) < 4.78 is 0. The van der Waals surface area contributed by atoms with Gasteiger partial charge in [0.25, 0.3) is 0 Å². The smallest absolute Gasteiger partial charge is 0.244 e. The van der Waals surface area contributed by atoms with Gasteiger partial charge in [-0.05, 0) is 37.2 Å². The van der Waals surface area contributed by atoms with Crippen molar-refractivity contribution in [1.82, 2.24) is 10.2 Å². The fourth-order valence-corrected chi connectivity index (χ4v) is 2.94. The maximum absolute atomic E-state index is 12.5. The van der Waals surface area contributed by atoms with Crippen LogP contribution in [0.3, 0.4) is 0 Å². The Hall–Kier alpha value is -1.35. The molecule has 3 heteroatoms. The number of benzene rings is 1. The number of nitrogens with zero attached hydrogens (tertiary/aromatic N) is 1. The SMILES string of the molecule is O=C1N(CC2CC2)C(c2ccccc2)NC12CC2. The predicted molar refractivity (Wildman–Crippen MR) is 68.7 cm³/mol. The summed E-state index contributed by atoms with van der Waals surface area (Å²) in [7, 11) is 0. The highest BCUT2D eigenvalue weighted by atomic mass is 16.2. The first kappa shape index (κ1) is 10.6. The molecular formula is C15H18N2O. The van der Waals surface area contributed by atoms with E-state index >= 15 is 0 Å². The first-order chi connectivity index (χ1) is 8.78. The molecule has 1 unspecified atom stereocenters. The van der Waals surface area contributed by atoms with Crippen LogP contribution in [0.5, 0.6) is 0 Å². The van der Waals surface area contributed by atoms with Crippen LogP contribution < -0.4 is 5.32 Å². The fraction of sp³-hybridized carbons (Fsp3) is 0.533. The lowest BCUT2D eigenvalue weighted by Crippen LogP contribution is -2.33. The van der Waals surface area contributed by atoms with Crippen molar-refractivity contribution < 1.29 is 4.79 Å². The maximum Gasteiger partial charge on any atom is 0.244 e. The van der Waals surface area contributed by atoms with E-state index in [0.717, 1.165) is 25.3 Å². The molecule has 2 saturated carbocycles. The van der Waals surface area contributed by atoms with Gasteiger partial charge in [0.2, 0.25) is 5.91 Å². The van der Waals surface area contributed by atoms with Gasteiger partial charge in [-0.25, -0.2) is 0 Å². The molecule has 94 valence electrons. The third kappa shape index (κ3) is 1.57. The minimum absolute atomic E-state index is 0.0989. The van der Waals surface area contributed by atoms with Crippen molar-refractivity contribution in [1.29, 1.82) is 0 Å². The first-order valence-electron chi connectivity index (χ1n) is 6.92. The molecule has 1 heterocycles. The monoisotopic (exact) mass is 242 g/mol. The summed E-state index contributed by atoms with van der Waals surface area (Å²) in [5.41, 5.74) is 1.02. The highest BCUT2D eigenvalue weighted by Crippen LogP contribution is 2.47. The average molecular weight is 242 g/mol. The van der Waals surface area contributed by atoms with E-state index in [0.29, 0.717) is 5.91 Å². The van der Waals surface area contributed by atoms with E-state index in [-0.39, 0.29) is 11.7 Å². The van der Waals surface area contributed by atoms with Crippen LogP contribution in [0.25, 0.3) is 0 Å². The number of hydrogen-bond donors (Lipinski definition) is 1. The van der Waals surface area contributed by atoms with Gasteiger partial charge in [-0.3, -0.25) is 10.1 Å². The summed E-state index contributed by atoms with van der Waals surface area (Å²) in [4.78, 5) is 14.6. The molecule has 1 aromatic carbocycles. The zero-order valence-corrected chi connectivity index (χ0v) is 10.4. The van der Waals surface area contributed by atoms with Crippen LogP contribution in [-0.2, 0) is 4.79 Å². The van der Waals surface area contributed by atoms with Crippen molar-refractivity contribution in [3.63, 3.8) is 0 Å². The molecular weight excluding hydrogens is 224 g/mol. The van der Waals surface area contributed by atoms with E-state index in [9.17, 15) is 4.79 Å². The van der Waals surface area contributed by atoms with Crippen molar-refractivity contribution in [2.24, 2.45) is 5.92 Å². The van der Waals surface area contributed by atoms with Gasteiger partial charge in [-0.2, -0.15) is 0 Å². The molecule has 3 nitrogen and oxygen atoms in total. The van der Waals surface area contributed by atoms with E-state index in [1.807, 2.05) is 6.07 Å². The highest BCUT2D eigenvalue weighted by molar-refractivity contribution is 5.92. The van der Waals surface area contributed by atoms with Crippen molar-refractivity contribution in [3.05, 3.63) is 35.9 Å². The molecule has 1 aliphatic heterocycles. The second-order valence-corrected chi connectivity index (χ2v) is 5.94. The lowest BCUT2D eigenvalue weighted by molar-refractivity contribution is -0.131. The molecule has 0 bridgehead atoms. The molecule has 1 N–H and O–H groups in total. The lowest BCUT2D eigenvalue weighted by Gasteiger charge is -2.24. The van der Waals surface area contributed by atoms with E-state index in [1.54, 1.807) is 0 Å². The molecule has 3 aliphatic rings. The topological polar surface area (TPSA) is 32.3 Å². The second-order valence-electron chi connectivity index (χ2n) is 5.94. The zero-order chi connectivity index (χ0) is 12.2. The Labute approximate surface area is 107 Å². The third-order valence-corrected chi connectivity index (χ3v) is 4.41. The van der Waals surface area contributed by atoms with E-state index in [4.69, 9.17) is 0 Å². The van der Waals surface area contributed by atoms with Crippen LogP contribution in [0, 0.1) is 5.92 Å². The first-order valence-corrected chi connectivity index (χ1v) is 6.92. The van der Waals surface area contributed by atoms with Crippen LogP contribution in [0.15, 0.2) is 30.3 Å². The maximum atomic E-state index is 12.5. The van der Waals surface area contributed by atoms with Gasteiger partial charge in [-0.15, -0.1) is 0 Å². The van der Waals surface area contributed by atoms with Crippen molar-refractivity contribution in [3.8, 4) is 0 Å². The molecule has 2 aliphatic carbocycles. The molecule has 1 atom stereocenters. The minimum atomic E-state index is -0.199. The Balaban J connectivity index is 1.65. The Morgan fingerprint density at radius 2 is 1.94 bits per heavy atom. The molecule has 1 aromatic rings. The fourth-order valence-electron chi connectivity index (χ4n) is 2.94. The number of hydrogen-bond acceptors (Lipinski definition) is 2. The van der Waals surface area contributed by atoms with Crippen molar-refractivity contribution >= 4 is 5.91 Å². The van der Waals surface area contributed by atoms with E-state index in [2.05, 4.69) is 34.5 Å². The van der Waals surface area contributed by atoms with Gasteiger partial charge < -0.3 is 4.90 Å². The molecule has 3 fully saturated rings. The minimum Gasteiger partial charge on any atom is -0.321 e. The second kappa shape index (κ2) is 3.58. The summed E-state index contributed by atoms with van der Waals surface area (Å²) in [5.74, 6) is 1.08. The number of carbonyl (C=O) groups is 1. The van der Waals surface area contributed by atoms with Gasteiger partial charge in [-0.1, -0.05) is 30.3 Å². The number of nitrogens with one attached hydrogen (secondary N) is 1.